The number of ether oxygens (including phenoxy) is 1. The third-order valence-electron chi connectivity index (χ3n) is 3.44. The van der Waals surface area contributed by atoms with Crippen molar-refractivity contribution in [2.24, 2.45) is 0 Å². The van der Waals surface area contributed by atoms with E-state index in [9.17, 15) is 4.39 Å². The molecule has 0 saturated carbocycles. The lowest BCUT2D eigenvalue weighted by Gasteiger charge is -2.27. The summed E-state index contributed by atoms with van der Waals surface area (Å²) in [6, 6.07) is 7.44. The van der Waals surface area contributed by atoms with Gasteiger partial charge in [0.25, 0.3) is 0 Å². The molecule has 1 aliphatic rings. The number of alkyl halides is 1. The van der Waals surface area contributed by atoms with Gasteiger partial charge in [0.2, 0.25) is 5.95 Å². The van der Waals surface area contributed by atoms with Crippen LogP contribution in [-0.4, -0.2) is 42.4 Å². The molecule has 0 bridgehead atoms. The third kappa shape index (κ3) is 2.51. The molecule has 1 aliphatic heterocycles. The lowest BCUT2D eigenvalue weighted by atomic mass is 10.1. The molecule has 5 nitrogen and oxygen atoms in total. The van der Waals surface area contributed by atoms with E-state index in [0.29, 0.717) is 19.0 Å². The summed E-state index contributed by atoms with van der Waals surface area (Å²) >= 11 is 0. The molecule has 2 heterocycles. The van der Waals surface area contributed by atoms with Crippen LogP contribution < -0.4 is 10.6 Å². The Morgan fingerprint density at radius 1 is 1.30 bits per heavy atom. The number of nitrogens with one attached hydrogen (secondary N) is 2. The summed E-state index contributed by atoms with van der Waals surface area (Å²) in [6.07, 6.45) is -0.413. The third-order valence-corrected chi connectivity index (χ3v) is 3.44. The number of halogens is 1. The molecular weight excluding hydrogens is 259 g/mol. The smallest absolute Gasteiger partial charge is 0.225 e. The summed E-state index contributed by atoms with van der Waals surface area (Å²) < 4.78 is 18.9. The topological polar surface area (TPSA) is 59.1 Å². The molecule has 106 valence electrons. The number of aromatic nitrogens is 2. The molecular formula is C14H17FN4O. The minimum atomic E-state index is -1.03. The second kappa shape index (κ2) is 5.58. The van der Waals surface area contributed by atoms with E-state index in [0.717, 1.165) is 16.7 Å². The van der Waals surface area contributed by atoms with Crippen LogP contribution in [0.15, 0.2) is 24.3 Å². The molecule has 2 aromatic rings. The predicted octanol–water partition coefficient (Wildman–Crippen LogP) is 2.21. The van der Waals surface area contributed by atoms with Crippen molar-refractivity contribution in [1.82, 2.24) is 9.97 Å². The summed E-state index contributed by atoms with van der Waals surface area (Å²) in [6.45, 7) is 0.689. The van der Waals surface area contributed by atoms with E-state index in [1.54, 1.807) is 0 Å². The minimum Gasteiger partial charge on any atom is -0.378 e. The molecule has 20 heavy (non-hydrogen) atoms. The average Bonchev–Trinajstić information content (AvgIpc) is 2.49. The van der Waals surface area contributed by atoms with Crippen LogP contribution in [0.4, 0.5) is 16.2 Å². The predicted molar refractivity (Wildman–Crippen MR) is 76.8 cm³/mol. The van der Waals surface area contributed by atoms with Crippen LogP contribution in [0.25, 0.3) is 10.9 Å². The van der Waals surface area contributed by atoms with Crippen molar-refractivity contribution < 1.29 is 9.13 Å². The molecule has 0 radical (unpaired) electrons. The molecule has 2 N–H and O–H groups in total. The molecule has 2 unspecified atom stereocenters. The van der Waals surface area contributed by atoms with Crippen molar-refractivity contribution in [2.75, 3.05) is 30.9 Å². The van der Waals surface area contributed by atoms with E-state index >= 15 is 0 Å². The Labute approximate surface area is 116 Å². The second-order valence-corrected chi connectivity index (χ2v) is 4.79. The van der Waals surface area contributed by atoms with Gasteiger partial charge in [-0.15, -0.1) is 0 Å². The van der Waals surface area contributed by atoms with Gasteiger partial charge < -0.3 is 15.4 Å². The molecule has 1 aromatic heterocycles. The maximum atomic E-state index is 13.8. The summed E-state index contributed by atoms with van der Waals surface area (Å²) in [4.78, 5) is 8.85. The molecule has 0 spiro atoms. The van der Waals surface area contributed by atoms with E-state index in [4.69, 9.17) is 4.74 Å². The molecule has 1 saturated heterocycles. The number of para-hydroxylation sites is 1. The van der Waals surface area contributed by atoms with Crippen LogP contribution in [0.2, 0.25) is 0 Å². The molecule has 3 rings (SSSR count). The van der Waals surface area contributed by atoms with E-state index in [1.165, 1.54) is 0 Å². The van der Waals surface area contributed by atoms with E-state index in [1.807, 2.05) is 31.3 Å². The van der Waals surface area contributed by atoms with Gasteiger partial charge in [-0.3, -0.25) is 0 Å². The Kier molecular flexibility index (Phi) is 3.64. The van der Waals surface area contributed by atoms with Crippen LogP contribution in [0.1, 0.15) is 6.42 Å². The normalized spacial score (nSPS) is 22.7. The number of hydrogen-bond acceptors (Lipinski definition) is 5. The zero-order chi connectivity index (χ0) is 13.9. The standard InChI is InChI=1S/C14H17FN4O/c1-16-13-9-4-2-3-5-11(9)17-14(19-13)18-12-6-7-20-8-10(12)15/h2-5,10,12H,6-8H2,1H3,(H2,16,17,18,19). The highest BCUT2D eigenvalue weighted by Crippen LogP contribution is 2.23. The zero-order valence-electron chi connectivity index (χ0n) is 11.3. The molecule has 1 fully saturated rings. The number of nitrogens with zero attached hydrogens (tertiary/aromatic N) is 2. The minimum absolute atomic E-state index is 0.129. The highest BCUT2D eigenvalue weighted by atomic mass is 19.1. The Morgan fingerprint density at radius 2 is 2.15 bits per heavy atom. The van der Waals surface area contributed by atoms with Crippen LogP contribution in [0, 0.1) is 0 Å². The van der Waals surface area contributed by atoms with Gasteiger partial charge in [0, 0.05) is 19.0 Å². The Morgan fingerprint density at radius 3 is 2.95 bits per heavy atom. The SMILES string of the molecule is CNc1nc(NC2CCOCC2F)nc2ccccc12. The fraction of sp³-hybridized carbons (Fsp3) is 0.429. The largest absolute Gasteiger partial charge is 0.378 e. The van der Waals surface area contributed by atoms with Gasteiger partial charge in [0.15, 0.2) is 0 Å². The molecule has 1 aromatic carbocycles. The Balaban J connectivity index is 1.91. The first kappa shape index (κ1) is 13.1. The van der Waals surface area contributed by atoms with Crippen LogP contribution >= 0.6 is 0 Å². The second-order valence-electron chi connectivity index (χ2n) is 4.79. The molecule has 6 heteroatoms. The molecule has 0 aliphatic carbocycles. The fourth-order valence-electron chi connectivity index (χ4n) is 2.36. The summed E-state index contributed by atoms with van der Waals surface area (Å²) in [7, 11) is 1.81. The Bertz CT molecular complexity index is 607. The van der Waals surface area contributed by atoms with Gasteiger partial charge in [0.1, 0.15) is 12.0 Å². The summed E-state index contributed by atoms with van der Waals surface area (Å²) in [5, 5.41) is 7.08. The monoisotopic (exact) mass is 276 g/mol. The van der Waals surface area contributed by atoms with Crippen LogP contribution in [-0.2, 0) is 4.74 Å². The van der Waals surface area contributed by atoms with Gasteiger partial charge >= 0.3 is 0 Å². The first-order valence-electron chi connectivity index (χ1n) is 6.71. The van der Waals surface area contributed by atoms with E-state index in [-0.39, 0.29) is 12.6 Å². The van der Waals surface area contributed by atoms with Crippen molar-refractivity contribution >= 4 is 22.7 Å². The average molecular weight is 276 g/mol. The first-order valence-corrected chi connectivity index (χ1v) is 6.71. The van der Waals surface area contributed by atoms with Crippen molar-refractivity contribution in [2.45, 2.75) is 18.6 Å². The first-order chi connectivity index (χ1) is 9.78. The lowest BCUT2D eigenvalue weighted by molar-refractivity contribution is 0.0284. The number of rotatable bonds is 3. The van der Waals surface area contributed by atoms with Gasteiger partial charge in [0.05, 0.1) is 18.2 Å². The Hall–Kier alpha value is -1.95. The lowest BCUT2D eigenvalue weighted by Crippen LogP contribution is -2.39. The van der Waals surface area contributed by atoms with Crippen molar-refractivity contribution in [1.29, 1.82) is 0 Å². The van der Waals surface area contributed by atoms with Crippen LogP contribution in [0.3, 0.4) is 0 Å². The zero-order valence-corrected chi connectivity index (χ0v) is 11.3. The fourth-order valence-corrected chi connectivity index (χ4v) is 2.36. The van der Waals surface area contributed by atoms with Crippen LogP contribution in [0.5, 0.6) is 0 Å². The van der Waals surface area contributed by atoms with Gasteiger partial charge in [-0.1, -0.05) is 12.1 Å². The van der Waals surface area contributed by atoms with Crippen molar-refractivity contribution in [3.05, 3.63) is 24.3 Å². The maximum Gasteiger partial charge on any atom is 0.225 e. The number of benzene rings is 1. The highest BCUT2D eigenvalue weighted by molar-refractivity contribution is 5.89. The molecule has 2 atom stereocenters. The maximum absolute atomic E-state index is 13.8. The summed E-state index contributed by atoms with van der Waals surface area (Å²) in [5.74, 6) is 1.18. The number of anilines is 2. The van der Waals surface area contributed by atoms with Gasteiger partial charge in [-0.2, -0.15) is 4.98 Å². The van der Waals surface area contributed by atoms with E-state index in [2.05, 4.69) is 20.6 Å². The van der Waals surface area contributed by atoms with E-state index < -0.39 is 6.17 Å². The summed E-state index contributed by atoms with van der Waals surface area (Å²) in [5.41, 5.74) is 0.830. The van der Waals surface area contributed by atoms with Gasteiger partial charge in [-0.05, 0) is 18.6 Å². The quantitative estimate of drug-likeness (QED) is 0.900. The number of hydrogen-bond donors (Lipinski definition) is 2. The van der Waals surface area contributed by atoms with Crippen molar-refractivity contribution in [3.63, 3.8) is 0 Å². The highest BCUT2D eigenvalue weighted by Gasteiger charge is 2.26. The molecule has 0 amide bonds. The number of fused-ring (bicyclic) bond motifs is 1. The van der Waals surface area contributed by atoms with Gasteiger partial charge in [-0.25, -0.2) is 9.37 Å². The van der Waals surface area contributed by atoms with Crippen molar-refractivity contribution in [3.8, 4) is 0 Å².